The van der Waals surface area contributed by atoms with Gasteiger partial charge in [0.15, 0.2) is 5.76 Å². The summed E-state index contributed by atoms with van der Waals surface area (Å²) in [7, 11) is 0. The minimum absolute atomic E-state index is 0.110. The van der Waals surface area contributed by atoms with Crippen LogP contribution in [0.25, 0.3) is 22.6 Å². The zero-order valence-electron chi connectivity index (χ0n) is 15.5. The molecule has 1 amide bonds. The number of benzene rings is 2. The molecule has 0 atom stereocenters. The number of amides is 1. The van der Waals surface area contributed by atoms with Crippen molar-refractivity contribution in [3.8, 4) is 22.6 Å². The predicted octanol–water partition coefficient (Wildman–Crippen LogP) is 3.71. The summed E-state index contributed by atoms with van der Waals surface area (Å²) in [4.78, 5) is 29.0. The molecule has 1 aliphatic carbocycles. The van der Waals surface area contributed by atoms with Crippen LogP contribution in [0.1, 0.15) is 11.1 Å². The molecule has 1 N–H and O–H groups in total. The van der Waals surface area contributed by atoms with Crippen molar-refractivity contribution in [2.75, 3.05) is 5.32 Å². The van der Waals surface area contributed by atoms with Crippen LogP contribution < -0.4 is 10.9 Å². The largest absolute Gasteiger partial charge is 0.463 e. The van der Waals surface area contributed by atoms with E-state index in [4.69, 9.17) is 4.42 Å². The van der Waals surface area contributed by atoms with Gasteiger partial charge in [-0.2, -0.15) is 0 Å². The van der Waals surface area contributed by atoms with Crippen LogP contribution in [-0.2, 0) is 17.8 Å². The van der Waals surface area contributed by atoms with Crippen LogP contribution in [0.2, 0.25) is 0 Å². The Hall–Kier alpha value is -3.93. The van der Waals surface area contributed by atoms with Gasteiger partial charge in [-0.15, -0.1) is 0 Å². The first-order valence-electron chi connectivity index (χ1n) is 9.29. The molecule has 4 aromatic rings. The topological polar surface area (TPSA) is 77.1 Å². The minimum Gasteiger partial charge on any atom is -0.463 e. The smallest absolute Gasteiger partial charge is 0.254 e. The SMILES string of the molecule is O=C(Cn1cnc(-c2ccco2)cc1=O)Nc1ccc2c(c1)Cc1ccccc1-2. The molecule has 142 valence electrons. The molecule has 0 aliphatic heterocycles. The molecule has 6 heteroatoms. The Labute approximate surface area is 166 Å². The summed E-state index contributed by atoms with van der Waals surface area (Å²) in [6, 6.07) is 19.0. The second-order valence-corrected chi connectivity index (χ2v) is 6.97. The first-order valence-corrected chi connectivity index (χ1v) is 9.29. The average Bonchev–Trinajstić information content (AvgIpc) is 3.37. The van der Waals surface area contributed by atoms with E-state index in [9.17, 15) is 9.59 Å². The Balaban J connectivity index is 1.31. The Morgan fingerprint density at radius 3 is 2.72 bits per heavy atom. The van der Waals surface area contributed by atoms with Gasteiger partial charge in [0, 0.05) is 11.8 Å². The molecule has 0 saturated carbocycles. The first kappa shape index (κ1) is 17.2. The normalized spacial score (nSPS) is 11.7. The monoisotopic (exact) mass is 383 g/mol. The Morgan fingerprint density at radius 1 is 1.03 bits per heavy atom. The molecule has 0 saturated heterocycles. The third-order valence-electron chi connectivity index (χ3n) is 5.04. The van der Waals surface area contributed by atoms with Crippen molar-refractivity contribution in [3.63, 3.8) is 0 Å². The van der Waals surface area contributed by atoms with E-state index in [2.05, 4.69) is 22.4 Å². The Bertz CT molecular complexity index is 1270. The highest BCUT2D eigenvalue weighted by Gasteiger charge is 2.18. The molecule has 0 unspecified atom stereocenters. The lowest BCUT2D eigenvalue weighted by Crippen LogP contribution is -2.27. The van der Waals surface area contributed by atoms with Crippen LogP contribution in [0.15, 0.2) is 82.5 Å². The summed E-state index contributed by atoms with van der Waals surface area (Å²) in [6.45, 7) is -0.110. The lowest BCUT2D eigenvalue weighted by atomic mass is 10.1. The molecular weight excluding hydrogens is 366 g/mol. The molecule has 0 bridgehead atoms. The molecular formula is C23H17N3O3. The van der Waals surface area contributed by atoms with Gasteiger partial charge in [0.2, 0.25) is 5.91 Å². The van der Waals surface area contributed by atoms with Crippen LogP contribution in [0.5, 0.6) is 0 Å². The van der Waals surface area contributed by atoms with Crippen LogP contribution in [0, 0.1) is 0 Å². The van der Waals surface area contributed by atoms with Gasteiger partial charge in [-0.3, -0.25) is 14.2 Å². The first-order chi connectivity index (χ1) is 14.2. The van der Waals surface area contributed by atoms with E-state index in [1.54, 1.807) is 12.1 Å². The van der Waals surface area contributed by atoms with Crippen molar-refractivity contribution in [2.45, 2.75) is 13.0 Å². The lowest BCUT2D eigenvalue weighted by molar-refractivity contribution is -0.116. The number of fused-ring (bicyclic) bond motifs is 3. The van der Waals surface area contributed by atoms with Gasteiger partial charge in [-0.05, 0) is 52.9 Å². The van der Waals surface area contributed by atoms with E-state index in [1.165, 1.54) is 45.5 Å². The second-order valence-electron chi connectivity index (χ2n) is 6.97. The number of anilines is 1. The number of carbonyl (C=O) groups excluding carboxylic acids is 1. The number of nitrogens with zero attached hydrogens (tertiary/aromatic N) is 2. The van der Waals surface area contributed by atoms with Crippen LogP contribution in [0.3, 0.4) is 0 Å². The van der Waals surface area contributed by atoms with E-state index >= 15 is 0 Å². The summed E-state index contributed by atoms with van der Waals surface area (Å²) in [5.74, 6) is 0.230. The van der Waals surface area contributed by atoms with Crippen LogP contribution in [-0.4, -0.2) is 15.5 Å². The van der Waals surface area contributed by atoms with Crippen molar-refractivity contribution in [2.24, 2.45) is 0 Å². The van der Waals surface area contributed by atoms with Crippen molar-refractivity contribution < 1.29 is 9.21 Å². The van der Waals surface area contributed by atoms with E-state index < -0.39 is 0 Å². The number of furan rings is 1. The lowest BCUT2D eigenvalue weighted by Gasteiger charge is -2.09. The van der Waals surface area contributed by atoms with E-state index in [-0.39, 0.29) is 18.0 Å². The van der Waals surface area contributed by atoms with Gasteiger partial charge in [-0.25, -0.2) is 4.98 Å². The third kappa shape index (κ3) is 3.25. The summed E-state index contributed by atoms with van der Waals surface area (Å²) in [5.41, 5.74) is 5.77. The van der Waals surface area contributed by atoms with Gasteiger partial charge in [0.1, 0.15) is 12.2 Å². The quantitative estimate of drug-likeness (QED) is 0.513. The average molecular weight is 383 g/mol. The molecule has 0 radical (unpaired) electrons. The van der Waals surface area contributed by atoms with Gasteiger partial charge in [0.25, 0.3) is 5.56 Å². The zero-order valence-corrected chi connectivity index (χ0v) is 15.5. The van der Waals surface area contributed by atoms with E-state index in [0.29, 0.717) is 11.5 Å². The highest BCUT2D eigenvalue weighted by molar-refractivity contribution is 5.91. The predicted molar refractivity (Wildman–Crippen MR) is 110 cm³/mol. The number of carbonyl (C=O) groups is 1. The summed E-state index contributed by atoms with van der Waals surface area (Å²) < 4.78 is 6.51. The van der Waals surface area contributed by atoms with Crippen molar-refractivity contribution in [1.82, 2.24) is 9.55 Å². The van der Waals surface area contributed by atoms with Gasteiger partial charge in [0.05, 0.1) is 12.6 Å². The molecule has 2 heterocycles. The maximum atomic E-state index is 12.4. The maximum Gasteiger partial charge on any atom is 0.254 e. The Kier molecular flexibility index (Phi) is 4.09. The zero-order chi connectivity index (χ0) is 19.8. The van der Waals surface area contributed by atoms with E-state index in [0.717, 1.165) is 12.1 Å². The number of aromatic nitrogens is 2. The fourth-order valence-electron chi connectivity index (χ4n) is 3.68. The second kappa shape index (κ2) is 6.91. The number of nitrogens with one attached hydrogen (secondary N) is 1. The van der Waals surface area contributed by atoms with Crippen molar-refractivity contribution in [3.05, 3.63) is 94.7 Å². The molecule has 0 fully saturated rings. The fourth-order valence-corrected chi connectivity index (χ4v) is 3.68. The molecule has 2 aromatic heterocycles. The van der Waals surface area contributed by atoms with Crippen molar-refractivity contribution >= 4 is 11.6 Å². The molecule has 5 rings (SSSR count). The molecule has 29 heavy (non-hydrogen) atoms. The number of hydrogen-bond donors (Lipinski definition) is 1. The summed E-state index contributed by atoms with van der Waals surface area (Å²) in [5, 5.41) is 2.87. The van der Waals surface area contributed by atoms with E-state index in [1.807, 2.05) is 30.3 Å². The minimum atomic E-state index is -0.314. The summed E-state index contributed by atoms with van der Waals surface area (Å²) >= 11 is 0. The number of hydrogen-bond acceptors (Lipinski definition) is 4. The summed E-state index contributed by atoms with van der Waals surface area (Å²) in [6.07, 6.45) is 3.73. The Morgan fingerprint density at radius 2 is 1.90 bits per heavy atom. The molecule has 6 nitrogen and oxygen atoms in total. The molecule has 2 aromatic carbocycles. The van der Waals surface area contributed by atoms with Gasteiger partial charge in [-0.1, -0.05) is 30.3 Å². The molecule has 1 aliphatic rings. The maximum absolute atomic E-state index is 12.4. The third-order valence-corrected chi connectivity index (χ3v) is 5.04. The highest BCUT2D eigenvalue weighted by atomic mass is 16.3. The fraction of sp³-hybridized carbons (Fsp3) is 0.0870. The van der Waals surface area contributed by atoms with Crippen molar-refractivity contribution in [1.29, 1.82) is 0 Å². The van der Waals surface area contributed by atoms with Crippen LogP contribution >= 0.6 is 0 Å². The molecule has 0 spiro atoms. The van der Waals surface area contributed by atoms with Gasteiger partial charge < -0.3 is 9.73 Å². The highest BCUT2D eigenvalue weighted by Crippen LogP contribution is 2.37. The van der Waals surface area contributed by atoms with Gasteiger partial charge >= 0.3 is 0 Å². The van der Waals surface area contributed by atoms with Crippen LogP contribution in [0.4, 0.5) is 5.69 Å². The number of rotatable bonds is 4. The standard InChI is InChI=1S/C23H17N3O3/c27-22(13-26-14-24-20(12-23(26)28)21-6-3-9-29-21)25-17-7-8-19-16(11-17)10-15-4-1-2-5-18(15)19/h1-9,11-12,14H,10,13H2,(H,25,27).